The molecule has 0 atom stereocenters. The number of halogens is 3. The van der Waals surface area contributed by atoms with Gasteiger partial charge in [0.25, 0.3) is 0 Å². The minimum Gasteiger partial charge on any atom is -0.488 e. The molecule has 0 amide bonds. The molecule has 0 saturated carbocycles. The van der Waals surface area contributed by atoms with Crippen molar-refractivity contribution in [3.05, 3.63) is 97.4 Å². The third-order valence-corrected chi connectivity index (χ3v) is 5.31. The van der Waals surface area contributed by atoms with Crippen LogP contribution in [-0.2, 0) is 13.2 Å². The molecular weight excluding hydrogens is 492 g/mol. The van der Waals surface area contributed by atoms with Crippen molar-refractivity contribution in [2.24, 2.45) is 5.10 Å². The summed E-state index contributed by atoms with van der Waals surface area (Å²) in [5.74, 6) is 0.791. The Morgan fingerprint density at radius 3 is 2.52 bits per heavy atom. The van der Waals surface area contributed by atoms with Crippen LogP contribution in [0, 0.1) is 0 Å². The first-order valence-corrected chi connectivity index (χ1v) is 10.2. The minimum absolute atomic E-state index is 0.513. The second-order valence-corrected chi connectivity index (χ2v) is 7.97. The van der Waals surface area contributed by atoms with Gasteiger partial charge in [0.15, 0.2) is 0 Å². The Bertz CT molecular complexity index is 930. The highest BCUT2D eigenvalue weighted by molar-refractivity contribution is 9.10. The standard InChI is InChI=1S/C21H17Br2ClN2O/c22-18-8-5-15(6-9-18)14-27-21-10-7-16(11-19(21)23)12-25-26-13-17-3-1-2-4-20(17)24/h1-12,26H,13-14H2/b25-12-. The maximum absolute atomic E-state index is 6.13. The van der Waals surface area contributed by atoms with Crippen molar-refractivity contribution in [3.8, 4) is 5.75 Å². The lowest BCUT2D eigenvalue weighted by Crippen LogP contribution is -2.06. The topological polar surface area (TPSA) is 33.6 Å². The summed E-state index contributed by atoms with van der Waals surface area (Å²) in [5, 5.41) is 4.98. The summed E-state index contributed by atoms with van der Waals surface area (Å²) in [6, 6.07) is 21.6. The molecular formula is C21H17Br2ClN2O. The summed E-state index contributed by atoms with van der Waals surface area (Å²) >= 11 is 13.1. The molecule has 0 heterocycles. The molecule has 0 aromatic heterocycles. The van der Waals surface area contributed by atoms with Crippen LogP contribution in [0.15, 0.2) is 80.8 Å². The largest absolute Gasteiger partial charge is 0.488 e. The molecule has 3 nitrogen and oxygen atoms in total. The quantitative estimate of drug-likeness (QED) is 0.289. The molecule has 27 heavy (non-hydrogen) atoms. The van der Waals surface area contributed by atoms with Gasteiger partial charge in [0, 0.05) is 9.50 Å². The van der Waals surface area contributed by atoms with Crippen molar-refractivity contribution in [1.82, 2.24) is 5.43 Å². The van der Waals surface area contributed by atoms with Crippen molar-refractivity contribution in [2.75, 3.05) is 0 Å². The molecule has 0 saturated heterocycles. The number of nitrogens with zero attached hydrogens (tertiary/aromatic N) is 1. The fourth-order valence-electron chi connectivity index (χ4n) is 2.35. The van der Waals surface area contributed by atoms with E-state index < -0.39 is 0 Å². The Morgan fingerprint density at radius 2 is 1.78 bits per heavy atom. The zero-order valence-corrected chi connectivity index (χ0v) is 18.3. The van der Waals surface area contributed by atoms with E-state index in [1.807, 2.05) is 66.7 Å². The van der Waals surface area contributed by atoms with Crippen LogP contribution in [0.25, 0.3) is 0 Å². The number of ether oxygens (including phenoxy) is 1. The van der Waals surface area contributed by atoms with Gasteiger partial charge in [-0.15, -0.1) is 0 Å². The van der Waals surface area contributed by atoms with E-state index in [2.05, 4.69) is 42.4 Å². The fourth-order valence-corrected chi connectivity index (χ4v) is 3.33. The molecule has 6 heteroatoms. The number of rotatable bonds is 7. The summed E-state index contributed by atoms with van der Waals surface area (Å²) in [6.45, 7) is 1.09. The van der Waals surface area contributed by atoms with Gasteiger partial charge in [0.2, 0.25) is 0 Å². The van der Waals surface area contributed by atoms with E-state index in [0.717, 1.165) is 36.4 Å². The number of nitrogens with one attached hydrogen (secondary N) is 1. The van der Waals surface area contributed by atoms with Crippen molar-refractivity contribution in [2.45, 2.75) is 13.2 Å². The lowest BCUT2D eigenvalue weighted by atomic mass is 10.2. The van der Waals surface area contributed by atoms with Gasteiger partial charge in [-0.1, -0.05) is 57.9 Å². The van der Waals surface area contributed by atoms with Crippen molar-refractivity contribution in [1.29, 1.82) is 0 Å². The van der Waals surface area contributed by atoms with Crippen molar-refractivity contribution < 1.29 is 4.74 Å². The molecule has 0 aliphatic rings. The Hall–Kier alpha value is -1.82. The number of benzene rings is 3. The SMILES string of the molecule is Clc1ccccc1CN/N=C\c1ccc(OCc2ccc(Br)cc2)c(Br)c1. The smallest absolute Gasteiger partial charge is 0.134 e. The predicted octanol–water partition coefficient (Wildman–Crippen LogP) is 6.57. The van der Waals surface area contributed by atoms with Crippen LogP contribution in [0.3, 0.4) is 0 Å². The molecule has 0 spiro atoms. The van der Waals surface area contributed by atoms with Crippen LogP contribution in [0.5, 0.6) is 5.75 Å². The highest BCUT2D eigenvalue weighted by Gasteiger charge is 2.03. The Kier molecular flexibility index (Phi) is 7.33. The molecule has 0 aliphatic carbocycles. The van der Waals surface area contributed by atoms with Crippen LogP contribution in [0.4, 0.5) is 0 Å². The van der Waals surface area contributed by atoms with Crippen LogP contribution < -0.4 is 10.2 Å². The zero-order chi connectivity index (χ0) is 19.1. The molecule has 138 valence electrons. The van der Waals surface area contributed by atoms with Gasteiger partial charge in [-0.25, -0.2) is 0 Å². The van der Waals surface area contributed by atoms with Crippen LogP contribution in [0.2, 0.25) is 5.02 Å². The van der Waals surface area contributed by atoms with Crippen LogP contribution in [-0.4, -0.2) is 6.21 Å². The fraction of sp³-hybridized carbons (Fsp3) is 0.0952. The van der Waals surface area contributed by atoms with Gasteiger partial charge >= 0.3 is 0 Å². The average molecular weight is 509 g/mol. The van der Waals surface area contributed by atoms with Crippen LogP contribution >= 0.6 is 43.5 Å². The van der Waals surface area contributed by atoms with Gasteiger partial charge in [-0.2, -0.15) is 5.10 Å². The maximum Gasteiger partial charge on any atom is 0.134 e. The first-order chi connectivity index (χ1) is 13.1. The number of hydrogen-bond acceptors (Lipinski definition) is 3. The second-order valence-electron chi connectivity index (χ2n) is 5.79. The number of hydrogen-bond donors (Lipinski definition) is 1. The third-order valence-electron chi connectivity index (χ3n) is 3.80. The summed E-state index contributed by atoms with van der Waals surface area (Å²) < 4.78 is 7.82. The first kappa shape index (κ1) is 19.9. The molecule has 0 radical (unpaired) electrons. The predicted molar refractivity (Wildman–Crippen MR) is 119 cm³/mol. The molecule has 0 fully saturated rings. The third kappa shape index (κ3) is 6.09. The monoisotopic (exact) mass is 506 g/mol. The maximum atomic E-state index is 6.13. The summed E-state index contributed by atoms with van der Waals surface area (Å²) in [6.07, 6.45) is 1.76. The summed E-state index contributed by atoms with van der Waals surface area (Å²) in [5.41, 5.74) is 6.09. The van der Waals surface area contributed by atoms with Gasteiger partial charge in [-0.05, 0) is 69.0 Å². The highest BCUT2D eigenvalue weighted by Crippen LogP contribution is 2.26. The Balaban J connectivity index is 1.54. The molecule has 3 aromatic rings. The van der Waals surface area contributed by atoms with E-state index in [1.54, 1.807) is 6.21 Å². The van der Waals surface area contributed by atoms with E-state index in [1.165, 1.54) is 0 Å². The molecule has 3 rings (SSSR count). The summed E-state index contributed by atoms with van der Waals surface area (Å²) in [4.78, 5) is 0. The lowest BCUT2D eigenvalue weighted by Gasteiger charge is -2.09. The lowest BCUT2D eigenvalue weighted by molar-refractivity contribution is 0.304. The molecule has 0 unspecified atom stereocenters. The number of hydrazone groups is 1. The molecule has 1 N–H and O–H groups in total. The molecule has 0 aliphatic heterocycles. The van der Waals surface area contributed by atoms with Crippen LogP contribution in [0.1, 0.15) is 16.7 Å². The molecule has 0 bridgehead atoms. The van der Waals surface area contributed by atoms with Crippen molar-refractivity contribution >= 4 is 49.7 Å². The second kappa shape index (κ2) is 9.93. The van der Waals surface area contributed by atoms with E-state index >= 15 is 0 Å². The normalized spacial score (nSPS) is 10.9. The van der Waals surface area contributed by atoms with Crippen molar-refractivity contribution in [3.63, 3.8) is 0 Å². The average Bonchev–Trinajstić information content (AvgIpc) is 2.67. The Morgan fingerprint density at radius 1 is 1.00 bits per heavy atom. The first-order valence-electron chi connectivity index (χ1n) is 8.28. The summed E-state index contributed by atoms with van der Waals surface area (Å²) in [7, 11) is 0. The van der Waals surface area contributed by atoms with Gasteiger partial charge in [0.05, 0.1) is 17.2 Å². The van der Waals surface area contributed by atoms with Gasteiger partial charge in [-0.3, -0.25) is 0 Å². The highest BCUT2D eigenvalue weighted by atomic mass is 79.9. The minimum atomic E-state index is 0.513. The van der Waals surface area contributed by atoms with E-state index in [9.17, 15) is 0 Å². The van der Waals surface area contributed by atoms with Gasteiger partial charge < -0.3 is 10.2 Å². The van der Waals surface area contributed by atoms with E-state index in [-0.39, 0.29) is 0 Å². The van der Waals surface area contributed by atoms with Gasteiger partial charge in [0.1, 0.15) is 12.4 Å². The molecule has 3 aromatic carbocycles. The zero-order valence-electron chi connectivity index (χ0n) is 14.3. The van der Waals surface area contributed by atoms with E-state index in [0.29, 0.717) is 13.2 Å². The Labute approximate surface area is 180 Å². The van der Waals surface area contributed by atoms with E-state index in [4.69, 9.17) is 16.3 Å².